The van der Waals surface area contributed by atoms with Crippen molar-refractivity contribution >= 4 is 39.6 Å². The minimum absolute atomic E-state index is 0.209. The van der Waals surface area contributed by atoms with Crippen molar-refractivity contribution in [1.82, 2.24) is 30.2 Å². The number of carboxylic acid groups (broad SMARTS) is 1. The number of aromatic nitrogens is 4. The van der Waals surface area contributed by atoms with Crippen LogP contribution in [-0.4, -0.2) is 66.8 Å². The maximum atomic E-state index is 11.2. The molecule has 4 heterocycles. The number of rotatable bonds is 12. The third-order valence-electron chi connectivity index (χ3n) is 10.2. The third kappa shape index (κ3) is 7.94. The van der Waals surface area contributed by atoms with E-state index in [9.17, 15) is 15.2 Å². The average Bonchev–Trinajstić information content (AvgIpc) is 3.57. The summed E-state index contributed by atoms with van der Waals surface area (Å²) in [5, 5.41) is 35.6. The van der Waals surface area contributed by atoms with Crippen LogP contribution in [-0.2, 0) is 17.9 Å². The molecule has 54 heavy (non-hydrogen) atoms. The molecule has 1 aliphatic heterocycles. The van der Waals surface area contributed by atoms with E-state index >= 15 is 0 Å². The number of carboxylic acids is 1. The Kier molecular flexibility index (Phi) is 10.6. The second kappa shape index (κ2) is 15.7. The monoisotopic (exact) mass is 724 g/mol. The summed E-state index contributed by atoms with van der Waals surface area (Å²) >= 11 is 0. The number of aliphatic hydroxyl groups is 1. The van der Waals surface area contributed by atoms with E-state index in [1.54, 1.807) is 13.1 Å². The Morgan fingerprint density at radius 3 is 2.44 bits per heavy atom. The van der Waals surface area contributed by atoms with Crippen molar-refractivity contribution in [1.29, 1.82) is 5.26 Å². The second-order valence-electron chi connectivity index (χ2n) is 14.3. The fraction of sp³-hybridized carbons (Fsp3) is 0.333. The normalized spacial score (nSPS) is 14.4. The molecule has 0 saturated carbocycles. The van der Waals surface area contributed by atoms with Crippen molar-refractivity contribution in [3.8, 4) is 28.7 Å². The fourth-order valence-electron chi connectivity index (χ4n) is 7.37. The molecule has 0 aliphatic carbocycles. The number of anilines is 2. The Bertz CT molecular complexity index is 2390. The Balaban J connectivity index is 1.15. The fourth-order valence-corrected chi connectivity index (χ4v) is 7.37. The summed E-state index contributed by atoms with van der Waals surface area (Å²) in [4.78, 5) is 32.4. The maximum Gasteiger partial charge on any atom is 0.303 e. The van der Waals surface area contributed by atoms with Gasteiger partial charge in [0.25, 0.3) is 0 Å². The van der Waals surface area contributed by atoms with Crippen molar-refractivity contribution in [3.05, 3.63) is 94.4 Å². The maximum absolute atomic E-state index is 11.2. The highest BCUT2D eigenvalue weighted by Crippen LogP contribution is 2.38. The zero-order valence-corrected chi connectivity index (χ0v) is 31.0. The molecule has 4 N–H and O–H groups in total. The molecule has 0 amide bonds. The number of hydrogen-bond acceptors (Lipinski definition) is 11. The Morgan fingerprint density at radius 1 is 0.981 bits per heavy atom. The number of likely N-dealkylation sites (tertiary alicyclic amines) is 1. The standard InChI is InChI=1S/C42H44N8O4/c1-24(51)20-44-21-30-17-36-39(45-22-30)41(47-27(4)46-36)48-35-10-6-8-33(26(35)3)32-7-5-9-34(25(32)2)42-49-37-16-29(15-31(19-43)40(37)54-42)23-50-13-11-28(12-14-50)18-38(52)53/h5-10,15-17,22,24,28,44,51H,11-14,18,20-21,23H2,1-4H3,(H,52,53)(H,46,47,48). The topological polar surface area (TPSA) is 173 Å². The number of carbonyl (C=O) groups is 1. The molecule has 1 fully saturated rings. The largest absolute Gasteiger partial charge is 0.481 e. The van der Waals surface area contributed by atoms with Crippen LogP contribution in [0.3, 0.4) is 0 Å². The van der Waals surface area contributed by atoms with Gasteiger partial charge >= 0.3 is 5.97 Å². The highest BCUT2D eigenvalue weighted by Gasteiger charge is 2.23. The van der Waals surface area contributed by atoms with Gasteiger partial charge in [-0.15, -0.1) is 0 Å². The quantitative estimate of drug-likeness (QED) is 0.100. The van der Waals surface area contributed by atoms with Crippen LogP contribution in [0.25, 0.3) is 44.7 Å². The molecule has 0 bridgehead atoms. The smallest absolute Gasteiger partial charge is 0.303 e. The molecule has 1 aliphatic rings. The predicted molar refractivity (Wildman–Crippen MR) is 208 cm³/mol. The molecule has 276 valence electrons. The van der Waals surface area contributed by atoms with Gasteiger partial charge in [-0.25, -0.2) is 15.0 Å². The number of oxazole rings is 1. The minimum atomic E-state index is -0.740. The zero-order valence-electron chi connectivity index (χ0n) is 31.0. The number of nitriles is 1. The van der Waals surface area contributed by atoms with Crippen molar-refractivity contribution < 1.29 is 19.4 Å². The van der Waals surface area contributed by atoms with Crippen LogP contribution in [0.2, 0.25) is 0 Å². The Labute approximate surface area is 313 Å². The van der Waals surface area contributed by atoms with Crippen LogP contribution in [0, 0.1) is 38.0 Å². The number of nitrogens with one attached hydrogen (secondary N) is 2. The van der Waals surface area contributed by atoms with E-state index in [4.69, 9.17) is 24.5 Å². The summed E-state index contributed by atoms with van der Waals surface area (Å²) < 4.78 is 6.32. The first-order chi connectivity index (χ1) is 26.1. The van der Waals surface area contributed by atoms with Crippen LogP contribution in [0.1, 0.15) is 59.8 Å². The van der Waals surface area contributed by atoms with Crippen LogP contribution in [0.5, 0.6) is 0 Å². The third-order valence-corrected chi connectivity index (χ3v) is 10.2. The molecule has 1 saturated heterocycles. The lowest BCUT2D eigenvalue weighted by atomic mass is 9.93. The zero-order chi connectivity index (χ0) is 37.9. The van der Waals surface area contributed by atoms with E-state index in [2.05, 4.69) is 52.6 Å². The number of benzene rings is 3. The second-order valence-corrected chi connectivity index (χ2v) is 14.3. The Hall–Kier alpha value is -5.74. The van der Waals surface area contributed by atoms with Crippen LogP contribution >= 0.6 is 0 Å². The van der Waals surface area contributed by atoms with Crippen LogP contribution in [0.4, 0.5) is 11.5 Å². The number of fused-ring (bicyclic) bond motifs is 2. The Morgan fingerprint density at radius 2 is 1.70 bits per heavy atom. The van der Waals surface area contributed by atoms with Crippen LogP contribution in [0.15, 0.2) is 65.2 Å². The number of pyridine rings is 1. The van der Waals surface area contributed by atoms with Crippen molar-refractivity contribution in [2.24, 2.45) is 5.92 Å². The van der Waals surface area contributed by atoms with Gasteiger partial charge in [0.2, 0.25) is 5.89 Å². The minimum Gasteiger partial charge on any atom is -0.481 e. The molecule has 6 aromatic rings. The van der Waals surface area contributed by atoms with E-state index in [1.165, 1.54) is 0 Å². The van der Waals surface area contributed by atoms with Crippen molar-refractivity contribution in [2.45, 2.75) is 66.2 Å². The van der Waals surface area contributed by atoms with Gasteiger partial charge in [0, 0.05) is 43.5 Å². The van der Waals surface area contributed by atoms with Crippen molar-refractivity contribution in [3.63, 3.8) is 0 Å². The first-order valence-electron chi connectivity index (χ1n) is 18.3. The van der Waals surface area contributed by atoms with Gasteiger partial charge in [-0.1, -0.05) is 24.3 Å². The number of nitrogens with zero attached hydrogens (tertiary/aromatic N) is 6. The van der Waals surface area contributed by atoms with Gasteiger partial charge in [0.15, 0.2) is 11.4 Å². The summed E-state index contributed by atoms with van der Waals surface area (Å²) in [7, 11) is 0. The highest BCUT2D eigenvalue weighted by atomic mass is 16.4. The molecule has 0 spiro atoms. The molecule has 3 aromatic carbocycles. The lowest BCUT2D eigenvalue weighted by Gasteiger charge is -2.31. The summed E-state index contributed by atoms with van der Waals surface area (Å²) in [6.07, 6.45) is 3.29. The SMILES string of the molecule is Cc1nc(Nc2cccc(-c3cccc(-c4nc5cc(CN6CCC(CC(=O)O)CC6)cc(C#N)c5o4)c3C)c2C)c2ncc(CNCC(C)O)cc2n1. The van der Waals surface area contributed by atoms with E-state index in [0.717, 1.165) is 76.1 Å². The van der Waals surface area contributed by atoms with E-state index < -0.39 is 12.1 Å². The van der Waals surface area contributed by atoms with Gasteiger partial charge in [-0.3, -0.25) is 14.7 Å². The number of hydrogen-bond donors (Lipinski definition) is 4. The van der Waals surface area contributed by atoms with Crippen LogP contribution < -0.4 is 10.6 Å². The molecule has 3 aromatic heterocycles. The summed E-state index contributed by atoms with van der Waals surface area (Å²) in [6, 6.07) is 20.4. The van der Waals surface area contributed by atoms with Gasteiger partial charge in [-0.2, -0.15) is 5.26 Å². The molecule has 12 nitrogen and oxygen atoms in total. The summed E-state index contributed by atoms with van der Waals surface area (Å²) in [6.45, 7) is 11.1. The lowest BCUT2D eigenvalue weighted by molar-refractivity contribution is -0.138. The molecule has 1 unspecified atom stereocenters. The van der Waals surface area contributed by atoms with E-state index in [1.807, 2.05) is 49.4 Å². The molecule has 1 atom stereocenters. The first-order valence-corrected chi connectivity index (χ1v) is 18.3. The van der Waals surface area contributed by atoms with Gasteiger partial charge in [0.1, 0.15) is 22.9 Å². The summed E-state index contributed by atoms with van der Waals surface area (Å²) in [5.41, 5.74) is 10.7. The number of piperidine rings is 1. The summed E-state index contributed by atoms with van der Waals surface area (Å²) in [5.74, 6) is 1.17. The molecular formula is C42H44N8O4. The lowest BCUT2D eigenvalue weighted by Crippen LogP contribution is -2.33. The molecule has 7 rings (SSSR count). The van der Waals surface area contributed by atoms with Crippen molar-refractivity contribution in [2.75, 3.05) is 25.0 Å². The highest BCUT2D eigenvalue weighted by molar-refractivity contribution is 5.89. The molecule has 12 heteroatoms. The average molecular weight is 725 g/mol. The van der Waals surface area contributed by atoms with Gasteiger partial charge < -0.3 is 25.3 Å². The van der Waals surface area contributed by atoms with E-state index in [-0.39, 0.29) is 12.3 Å². The first kappa shape index (κ1) is 36.6. The van der Waals surface area contributed by atoms with E-state index in [0.29, 0.717) is 59.3 Å². The molecule has 0 radical (unpaired) electrons. The number of aryl methyl sites for hydroxylation is 1. The number of aliphatic hydroxyl groups excluding tert-OH is 1. The predicted octanol–water partition coefficient (Wildman–Crippen LogP) is 7.20. The van der Waals surface area contributed by atoms with Gasteiger partial charge in [-0.05, 0) is 123 Å². The van der Waals surface area contributed by atoms with Gasteiger partial charge in [0.05, 0.1) is 17.2 Å². The number of aliphatic carboxylic acids is 1. The molecular weight excluding hydrogens is 681 g/mol.